The zero-order valence-corrected chi connectivity index (χ0v) is 20.5. The molecule has 4 rings (SSSR count). The summed E-state index contributed by atoms with van der Waals surface area (Å²) < 4.78 is 19.8. The van der Waals surface area contributed by atoms with Crippen LogP contribution in [0.1, 0.15) is 56.4 Å². The van der Waals surface area contributed by atoms with Crippen LogP contribution < -0.4 is 15.0 Å². The van der Waals surface area contributed by atoms with Crippen LogP contribution in [0.3, 0.4) is 0 Å². The summed E-state index contributed by atoms with van der Waals surface area (Å²) in [6, 6.07) is 9.95. The lowest BCUT2D eigenvalue weighted by Crippen LogP contribution is -2.54. The van der Waals surface area contributed by atoms with Crippen molar-refractivity contribution in [2.24, 2.45) is 0 Å². The number of amides is 2. The normalized spacial score (nSPS) is 25.6. The molecule has 1 aliphatic heterocycles. The molecule has 1 N–H and O–H groups in total. The van der Waals surface area contributed by atoms with Crippen LogP contribution in [-0.2, 0) is 11.2 Å². The van der Waals surface area contributed by atoms with Gasteiger partial charge in [-0.25, -0.2) is 9.18 Å². The molecule has 1 saturated heterocycles. The first-order valence-electron chi connectivity index (χ1n) is 11.6. The topological polar surface area (TPSA) is 57.7 Å². The number of hydrogen-bond acceptors (Lipinski definition) is 4. The van der Waals surface area contributed by atoms with Crippen molar-refractivity contribution >= 4 is 11.7 Å². The number of urea groups is 1. The van der Waals surface area contributed by atoms with Crippen LogP contribution in [0.2, 0.25) is 0 Å². The number of halogens is 1. The number of hydrogen-bond donors (Lipinski definition) is 1. The number of carbonyl (C=O) groups excluding carboxylic acids is 1. The molecule has 0 atom stereocenters. The number of carbonyl (C=O) groups is 1. The number of anilines is 1. The van der Waals surface area contributed by atoms with Crippen LogP contribution >= 0.6 is 0 Å². The van der Waals surface area contributed by atoms with Crippen molar-refractivity contribution in [1.29, 1.82) is 0 Å². The van der Waals surface area contributed by atoms with Crippen molar-refractivity contribution in [1.82, 2.24) is 15.2 Å². The summed E-state index contributed by atoms with van der Waals surface area (Å²) in [5.41, 5.74) is 1.32. The molecule has 1 saturated carbocycles. The molecular formula is C26H35FN4O2. The Hall–Kier alpha value is -2.67. The van der Waals surface area contributed by atoms with Crippen LogP contribution in [0.5, 0.6) is 5.75 Å². The van der Waals surface area contributed by atoms with Crippen molar-refractivity contribution in [2.45, 2.75) is 63.2 Å². The number of nitrogens with one attached hydrogen (secondary N) is 1. The molecule has 2 fully saturated rings. The number of pyridine rings is 1. The number of aromatic nitrogens is 1. The lowest BCUT2D eigenvalue weighted by molar-refractivity contribution is 0.0656. The molecule has 1 aromatic carbocycles. The van der Waals surface area contributed by atoms with Crippen molar-refractivity contribution in [3.05, 3.63) is 53.3 Å². The molecule has 2 amide bonds. The number of aryl methyl sites for hydroxylation is 1. The van der Waals surface area contributed by atoms with Crippen LogP contribution in [0, 0.1) is 6.92 Å². The van der Waals surface area contributed by atoms with Crippen molar-refractivity contribution < 1.29 is 13.9 Å². The van der Waals surface area contributed by atoms with Gasteiger partial charge in [-0.1, -0.05) is 12.1 Å². The largest absolute Gasteiger partial charge is 0.497 e. The minimum Gasteiger partial charge on any atom is -0.497 e. The highest BCUT2D eigenvalue weighted by molar-refractivity contribution is 5.96. The molecular weight excluding hydrogens is 419 g/mol. The molecule has 0 unspecified atom stereocenters. The highest BCUT2D eigenvalue weighted by atomic mass is 19.1. The van der Waals surface area contributed by atoms with Crippen LogP contribution in [0.4, 0.5) is 14.9 Å². The third kappa shape index (κ3) is 4.19. The van der Waals surface area contributed by atoms with E-state index in [2.05, 4.69) is 41.4 Å². The number of benzene rings is 1. The van der Waals surface area contributed by atoms with Gasteiger partial charge in [-0.2, -0.15) is 0 Å². The number of rotatable bonds is 5. The van der Waals surface area contributed by atoms with Crippen molar-refractivity contribution in [2.75, 3.05) is 32.6 Å². The zero-order valence-electron chi connectivity index (χ0n) is 20.5. The predicted molar refractivity (Wildman–Crippen MR) is 129 cm³/mol. The minimum atomic E-state index is -1.52. The summed E-state index contributed by atoms with van der Waals surface area (Å²) >= 11 is 0. The predicted octanol–water partition coefficient (Wildman–Crippen LogP) is 4.90. The number of ether oxygens (including phenoxy) is 1. The first-order valence-corrected chi connectivity index (χ1v) is 11.6. The first-order chi connectivity index (χ1) is 15.5. The van der Waals surface area contributed by atoms with Gasteiger partial charge in [-0.15, -0.1) is 0 Å². The number of nitrogens with zero attached hydrogens (tertiary/aromatic N) is 3. The van der Waals surface area contributed by atoms with Crippen molar-refractivity contribution in [3.8, 4) is 5.75 Å². The Morgan fingerprint density at radius 3 is 2.45 bits per heavy atom. The highest BCUT2D eigenvalue weighted by Crippen LogP contribution is 2.47. The lowest BCUT2D eigenvalue weighted by Gasteiger charge is -2.48. The molecule has 1 aromatic heterocycles. The molecule has 1 spiro atoms. The highest BCUT2D eigenvalue weighted by Gasteiger charge is 2.50. The molecule has 6 nitrogen and oxygen atoms in total. The van der Waals surface area contributed by atoms with E-state index >= 15 is 0 Å². The fourth-order valence-electron chi connectivity index (χ4n) is 5.39. The zero-order chi connectivity index (χ0) is 24.0. The Morgan fingerprint density at radius 1 is 1.18 bits per heavy atom. The van der Waals surface area contributed by atoms with Gasteiger partial charge in [-0.05, 0) is 89.9 Å². The molecule has 2 aromatic rings. The van der Waals surface area contributed by atoms with Gasteiger partial charge in [0.25, 0.3) is 0 Å². The van der Waals surface area contributed by atoms with E-state index in [1.165, 1.54) is 19.4 Å². The first kappa shape index (κ1) is 23.5. The summed E-state index contributed by atoms with van der Waals surface area (Å²) in [5, 5.41) is 3.28. The molecule has 33 heavy (non-hydrogen) atoms. The Kier molecular flexibility index (Phi) is 5.89. The average Bonchev–Trinajstić information content (AvgIpc) is 3.09. The quantitative estimate of drug-likeness (QED) is 0.698. The Labute approximate surface area is 196 Å². The fraction of sp³-hybridized carbons (Fsp3) is 0.538. The molecule has 1 aliphatic carbocycles. The molecule has 0 bridgehead atoms. The molecule has 2 aliphatic rings. The van der Waals surface area contributed by atoms with E-state index in [1.54, 1.807) is 24.3 Å². The minimum absolute atomic E-state index is 0.106. The van der Waals surface area contributed by atoms with E-state index in [9.17, 15) is 9.18 Å². The lowest BCUT2D eigenvalue weighted by atomic mass is 9.69. The van der Waals surface area contributed by atoms with Crippen LogP contribution in [-0.4, -0.2) is 49.2 Å². The van der Waals surface area contributed by atoms with E-state index in [0.29, 0.717) is 12.2 Å². The Morgan fingerprint density at radius 2 is 1.88 bits per heavy atom. The fourth-order valence-corrected chi connectivity index (χ4v) is 5.39. The Balaban J connectivity index is 1.56. The summed E-state index contributed by atoms with van der Waals surface area (Å²) in [7, 11) is 5.94. The Bertz CT molecular complexity index is 1040. The second-order valence-electron chi connectivity index (χ2n) is 10.3. The van der Waals surface area contributed by atoms with Gasteiger partial charge in [0, 0.05) is 5.54 Å². The van der Waals surface area contributed by atoms with E-state index in [0.717, 1.165) is 42.7 Å². The molecule has 7 heteroatoms. The average molecular weight is 455 g/mol. The van der Waals surface area contributed by atoms with E-state index in [4.69, 9.17) is 4.74 Å². The summed E-state index contributed by atoms with van der Waals surface area (Å²) in [4.78, 5) is 21.4. The van der Waals surface area contributed by atoms with E-state index in [-0.39, 0.29) is 17.1 Å². The van der Waals surface area contributed by atoms with Gasteiger partial charge in [0.05, 0.1) is 36.8 Å². The molecule has 2 heterocycles. The molecule has 0 radical (unpaired) electrons. The van der Waals surface area contributed by atoms with Crippen LogP contribution in [0.25, 0.3) is 0 Å². The second kappa shape index (κ2) is 8.28. The van der Waals surface area contributed by atoms with Gasteiger partial charge in [0.1, 0.15) is 11.4 Å². The van der Waals surface area contributed by atoms with E-state index in [1.807, 2.05) is 19.1 Å². The summed E-state index contributed by atoms with van der Waals surface area (Å²) in [6.45, 7) is 5.49. The number of alkyl halides is 1. The number of methoxy groups -OCH3 is 1. The SMILES string of the molecule is COc1cccc([C@]2(N(C)C)CC[C@@]3(CC2)CN(c2cnc(C(C)(C)F)cc2C)C(=O)N3)c1. The van der Waals surface area contributed by atoms with Gasteiger partial charge in [-0.3, -0.25) is 14.8 Å². The third-order valence-electron chi connectivity index (χ3n) is 7.56. The van der Waals surface area contributed by atoms with Gasteiger partial charge in [0.15, 0.2) is 0 Å². The van der Waals surface area contributed by atoms with Gasteiger partial charge >= 0.3 is 6.03 Å². The van der Waals surface area contributed by atoms with E-state index < -0.39 is 5.67 Å². The summed E-state index contributed by atoms with van der Waals surface area (Å²) in [6.07, 6.45) is 5.22. The third-order valence-corrected chi connectivity index (χ3v) is 7.56. The standard InChI is InChI=1S/C26H35FN4O2/c1-18-14-22(24(2,3)27)28-16-21(18)31-17-25(29-23(31)32)10-12-26(13-11-25,30(4)5)19-8-7-9-20(15-19)33-6/h7-9,14-16H,10-13,17H2,1-6H3,(H,29,32)/t25-,26+. The van der Waals surface area contributed by atoms with Crippen molar-refractivity contribution in [3.63, 3.8) is 0 Å². The maximum Gasteiger partial charge on any atom is 0.322 e. The summed E-state index contributed by atoms with van der Waals surface area (Å²) in [5.74, 6) is 0.859. The maximum absolute atomic E-state index is 14.3. The van der Waals surface area contributed by atoms with Crippen LogP contribution in [0.15, 0.2) is 36.5 Å². The van der Waals surface area contributed by atoms with Gasteiger partial charge in [0.2, 0.25) is 0 Å². The monoisotopic (exact) mass is 454 g/mol. The van der Waals surface area contributed by atoms with Gasteiger partial charge < -0.3 is 10.1 Å². The maximum atomic E-state index is 14.3. The molecule has 178 valence electrons. The second-order valence-corrected chi connectivity index (χ2v) is 10.3. The smallest absolute Gasteiger partial charge is 0.322 e.